The van der Waals surface area contributed by atoms with Gasteiger partial charge in [0.05, 0.1) is 32.4 Å². The molecule has 2 aromatic rings. The van der Waals surface area contributed by atoms with Crippen LogP contribution in [0.15, 0.2) is 24.3 Å². The number of benzene rings is 1. The number of carbonyl (C=O) groups is 2. The normalized spacial score (nSPS) is 11.6. The zero-order valence-electron chi connectivity index (χ0n) is 17.3. The largest absolute Gasteiger partial charge is 0.497 e. The summed E-state index contributed by atoms with van der Waals surface area (Å²) < 4.78 is 17.5. The van der Waals surface area contributed by atoms with Crippen molar-refractivity contribution >= 4 is 11.9 Å². The molecule has 1 aromatic carbocycles. The van der Waals surface area contributed by atoms with Crippen molar-refractivity contribution in [2.24, 2.45) is 0 Å². The molecule has 7 nitrogen and oxygen atoms in total. The van der Waals surface area contributed by atoms with Gasteiger partial charge in [0.15, 0.2) is 0 Å². The molecule has 0 aliphatic heterocycles. The number of nitrogens with one attached hydrogen (secondary N) is 1. The molecule has 0 bridgehead atoms. The van der Waals surface area contributed by atoms with Gasteiger partial charge in [-0.25, -0.2) is 4.79 Å². The molecule has 0 aliphatic rings. The van der Waals surface area contributed by atoms with E-state index in [2.05, 4.69) is 5.32 Å². The lowest BCUT2D eigenvalue weighted by Gasteiger charge is -2.19. The number of hydrogen-bond donors (Lipinski definition) is 1. The van der Waals surface area contributed by atoms with E-state index in [1.165, 1.54) is 0 Å². The van der Waals surface area contributed by atoms with E-state index >= 15 is 0 Å². The second kappa shape index (κ2) is 9.30. The number of methoxy groups -OCH3 is 2. The van der Waals surface area contributed by atoms with Crippen LogP contribution in [-0.4, -0.2) is 37.3 Å². The highest BCUT2D eigenvalue weighted by Gasteiger charge is 2.20. The highest BCUT2D eigenvalue weighted by molar-refractivity contribution is 5.91. The van der Waals surface area contributed by atoms with Crippen LogP contribution in [-0.2, 0) is 16.1 Å². The van der Waals surface area contributed by atoms with Crippen molar-refractivity contribution in [2.45, 2.75) is 40.3 Å². The van der Waals surface area contributed by atoms with Crippen molar-refractivity contribution in [3.8, 4) is 11.5 Å². The molecular formula is C21H28N2O5. The topological polar surface area (TPSA) is 78.8 Å². The first-order valence-corrected chi connectivity index (χ1v) is 9.17. The molecule has 1 amide bonds. The minimum Gasteiger partial charge on any atom is -0.497 e. The Bertz CT molecular complexity index is 857. The van der Waals surface area contributed by atoms with E-state index in [9.17, 15) is 9.59 Å². The molecular weight excluding hydrogens is 360 g/mol. The van der Waals surface area contributed by atoms with Gasteiger partial charge in [0, 0.05) is 17.0 Å². The monoisotopic (exact) mass is 388 g/mol. The summed E-state index contributed by atoms with van der Waals surface area (Å²) in [5.74, 6) is 0.811. The summed E-state index contributed by atoms with van der Waals surface area (Å²) in [6.45, 7) is 7.72. The molecule has 1 heterocycles. The summed E-state index contributed by atoms with van der Waals surface area (Å²) in [5, 5.41) is 2.98. The molecule has 0 radical (unpaired) electrons. The van der Waals surface area contributed by atoms with Gasteiger partial charge < -0.3 is 24.1 Å². The van der Waals surface area contributed by atoms with E-state index in [1.54, 1.807) is 44.8 Å². The van der Waals surface area contributed by atoms with Gasteiger partial charge in [0.25, 0.3) is 0 Å². The fourth-order valence-corrected chi connectivity index (χ4v) is 3.15. The van der Waals surface area contributed by atoms with Crippen LogP contribution in [0.3, 0.4) is 0 Å². The average Bonchev–Trinajstić information content (AvgIpc) is 2.95. The van der Waals surface area contributed by atoms with Gasteiger partial charge in [0.2, 0.25) is 5.91 Å². The van der Waals surface area contributed by atoms with Crippen molar-refractivity contribution in [1.29, 1.82) is 0 Å². The minimum absolute atomic E-state index is 0.105. The number of rotatable bonds is 8. The van der Waals surface area contributed by atoms with Gasteiger partial charge in [0.1, 0.15) is 18.0 Å². The smallest absolute Gasteiger partial charge is 0.339 e. The molecule has 0 aliphatic carbocycles. The van der Waals surface area contributed by atoms with E-state index in [0.29, 0.717) is 29.4 Å². The first kappa shape index (κ1) is 21.3. The number of amides is 1. The molecule has 1 atom stereocenters. The Labute approximate surface area is 165 Å². The number of carbonyl (C=O) groups excluding carboxylic acids is 2. The third-order valence-corrected chi connectivity index (χ3v) is 4.65. The third kappa shape index (κ3) is 4.65. The Morgan fingerprint density at radius 2 is 1.86 bits per heavy atom. The molecule has 1 aromatic heterocycles. The Morgan fingerprint density at radius 3 is 2.46 bits per heavy atom. The van der Waals surface area contributed by atoms with E-state index < -0.39 is 0 Å². The summed E-state index contributed by atoms with van der Waals surface area (Å²) in [4.78, 5) is 24.7. The van der Waals surface area contributed by atoms with E-state index in [0.717, 1.165) is 11.3 Å². The maximum absolute atomic E-state index is 12.6. The molecule has 1 N–H and O–H groups in total. The summed E-state index contributed by atoms with van der Waals surface area (Å²) in [6, 6.07) is 6.92. The predicted molar refractivity (Wildman–Crippen MR) is 106 cm³/mol. The number of esters is 1. The summed E-state index contributed by atoms with van der Waals surface area (Å²) in [5.41, 5.74) is 2.83. The fraction of sp³-hybridized carbons (Fsp3) is 0.429. The van der Waals surface area contributed by atoms with Crippen molar-refractivity contribution in [3.05, 3.63) is 46.8 Å². The lowest BCUT2D eigenvalue weighted by molar-refractivity contribution is -0.122. The third-order valence-electron chi connectivity index (χ3n) is 4.65. The maximum atomic E-state index is 12.6. The Morgan fingerprint density at radius 1 is 1.14 bits per heavy atom. The Hall–Kier alpha value is -2.96. The first-order chi connectivity index (χ1) is 13.3. The second-order valence-electron chi connectivity index (χ2n) is 6.49. The summed E-state index contributed by atoms with van der Waals surface area (Å²) in [6.07, 6.45) is 0. The lowest BCUT2D eigenvalue weighted by atomic mass is 10.1. The fourth-order valence-electron chi connectivity index (χ4n) is 3.15. The zero-order valence-corrected chi connectivity index (χ0v) is 17.3. The lowest BCUT2D eigenvalue weighted by Crippen LogP contribution is -2.31. The predicted octanol–water partition coefficient (Wildman–Crippen LogP) is 3.18. The number of aromatic nitrogens is 1. The Kier molecular flexibility index (Phi) is 7.09. The highest BCUT2D eigenvalue weighted by Crippen LogP contribution is 2.29. The zero-order chi connectivity index (χ0) is 20.8. The van der Waals surface area contributed by atoms with Crippen molar-refractivity contribution < 1.29 is 23.8 Å². The average molecular weight is 388 g/mol. The number of ether oxygens (including phenoxy) is 3. The second-order valence-corrected chi connectivity index (χ2v) is 6.49. The highest BCUT2D eigenvalue weighted by atomic mass is 16.5. The van der Waals surface area contributed by atoms with E-state index in [1.807, 2.05) is 26.0 Å². The van der Waals surface area contributed by atoms with Gasteiger partial charge >= 0.3 is 5.97 Å². The van der Waals surface area contributed by atoms with E-state index in [-0.39, 0.29) is 24.5 Å². The number of hydrogen-bond acceptors (Lipinski definition) is 5. The number of nitrogens with zero attached hydrogens (tertiary/aromatic N) is 1. The van der Waals surface area contributed by atoms with Gasteiger partial charge in [-0.1, -0.05) is 0 Å². The van der Waals surface area contributed by atoms with Crippen LogP contribution in [0, 0.1) is 13.8 Å². The quantitative estimate of drug-likeness (QED) is 0.703. The van der Waals surface area contributed by atoms with Crippen LogP contribution in [0.4, 0.5) is 0 Å². The van der Waals surface area contributed by atoms with Crippen LogP contribution < -0.4 is 14.8 Å². The molecule has 2 rings (SSSR count). The van der Waals surface area contributed by atoms with Gasteiger partial charge in [-0.05, 0) is 52.0 Å². The standard InChI is InChI=1S/C21H28N2O5/c1-7-28-21(25)18-10-13(2)23(15(18)4)12-20(24)22-14(3)17-11-16(26-5)8-9-19(17)27-6/h8-11,14H,7,12H2,1-6H3,(H,22,24)/t14-/m0/s1. The van der Waals surface area contributed by atoms with Crippen LogP contribution >= 0.6 is 0 Å². The Balaban J connectivity index is 2.16. The van der Waals surface area contributed by atoms with Crippen LogP contribution in [0.5, 0.6) is 11.5 Å². The minimum atomic E-state index is -0.378. The van der Waals surface area contributed by atoms with Crippen molar-refractivity contribution in [2.75, 3.05) is 20.8 Å². The van der Waals surface area contributed by atoms with Crippen LogP contribution in [0.1, 0.15) is 47.2 Å². The van der Waals surface area contributed by atoms with Crippen LogP contribution in [0.2, 0.25) is 0 Å². The molecule has 152 valence electrons. The molecule has 7 heteroatoms. The van der Waals surface area contributed by atoms with E-state index in [4.69, 9.17) is 14.2 Å². The van der Waals surface area contributed by atoms with Gasteiger partial charge in [-0.3, -0.25) is 4.79 Å². The van der Waals surface area contributed by atoms with Crippen LogP contribution in [0.25, 0.3) is 0 Å². The molecule has 0 saturated heterocycles. The summed E-state index contributed by atoms with van der Waals surface area (Å²) >= 11 is 0. The van der Waals surface area contributed by atoms with Crippen molar-refractivity contribution in [3.63, 3.8) is 0 Å². The van der Waals surface area contributed by atoms with Gasteiger partial charge in [-0.15, -0.1) is 0 Å². The molecule has 0 unspecified atom stereocenters. The molecule has 0 saturated carbocycles. The molecule has 28 heavy (non-hydrogen) atoms. The summed E-state index contributed by atoms with van der Waals surface area (Å²) in [7, 11) is 3.18. The maximum Gasteiger partial charge on any atom is 0.339 e. The first-order valence-electron chi connectivity index (χ1n) is 9.17. The number of aryl methyl sites for hydroxylation is 1. The van der Waals surface area contributed by atoms with Gasteiger partial charge in [-0.2, -0.15) is 0 Å². The SMILES string of the molecule is CCOC(=O)c1cc(C)n(CC(=O)N[C@@H](C)c2cc(OC)ccc2OC)c1C. The van der Waals surface area contributed by atoms with Crippen molar-refractivity contribution in [1.82, 2.24) is 9.88 Å². The molecule has 0 fully saturated rings. The molecule has 0 spiro atoms.